The summed E-state index contributed by atoms with van der Waals surface area (Å²) in [6.07, 6.45) is 5.93. The summed E-state index contributed by atoms with van der Waals surface area (Å²) >= 11 is 0. The maximum absolute atomic E-state index is 13.1. The van der Waals surface area contributed by atoms with Crippen molar-refractivity contribution in [3.05, 3.63) is 59.3 Å². The van der Waals surface area contributed by atoms with Gasteiger partial charge in [0, 0.05) is 36.8 Å². The largest absolute Gasteiger partial charge is 0.371 e. The molecule has 106 valence electrons. The molecule has 1 aromatic rings. The minimum Gasteiger partial charge on any atom is -0.371 e. The van der Waals surface area contributed by atoms with E-state index in [1.165, 1.54) is 0 Å². The van der Waals surface area contributed by atoms with Crippen molar-refractivity contribution in [2.75, 3.05) is 6.54 Å². The molecule has 1 aromatic carbocycles. The third-order valence-electron chi connectivity index (χ3n) is 3.19. The van der Waals surface area contributed by atoms with Crippen LogP contribution in [0.25, 0.3) is 0 Å². The highest BCUT2D eigenvalue weighted by Crippen LogP contribution is 2.17. The molecule has 0 saturated heterocycles. The number of benzene rings is 1. The number of allylic oxidation sites excluding steroid dienone is 2. The SMILES string of the molecule is CC(C)N1C=C(CC(=O)c2cc(F)cc(F)c2)C=CC1. The van der Waals surface area contributed by atoms with E-state index in [0.717, 1.165) is 30.3 Å². The first kappa shape index (κ1) is 14.4. The summed E-state index contributed by atoms with van der Waals surface area (Å²) in [5.74, 6) is -1.75. The minimum absolute atomic E-state index is 0.0680. The molecular weight excluding hydrogens is 260 g/mol. The van der Waals surface area contributed by atoms with E-state index in [0.29, 0.717) is 6.04 Å². The van der Waals surface area contributed by atoms with Crippen LogP contribution in [0.1, 0.15) is 30.6 Å². The van der Waals surface area contributed by atoms with Crippen LogP contribution >= 0.6 is 0 Å². The van der Waals surface area contributed by atoms with Gasteiger partial charge in [-0.2, -0.15) is 0 Å². The third kappa shape index (κ3) is 3.53. The molecule has 0 saturated carbocycles. The zero-order valence-corrected chi connectivity index (χ0v) is 11.6. The second-order valence-electron chi connectivity index (χ2n) is 5.16. The summed E-state index contributed by atoms with van der Waals surface area (Å²) in [6.45, 7) is 4.94. The molecule has 0 amide bonds. The van der Waals surface area contributed by atoms with Gasteiger partial charge in [-0.15, -0.1) is 0 Å². The van der Waals surface area contributed by atoms with Crippen molar-refractivity contribution in [2.24, 2.45) is 0 Å². The lowest BCUT2D eigenvalue weighted by Gasteiger charge is -2.27. The lowest BCUT2D eigenvalue weighted by atomic mass is 10.0. The number of carbonyl (C=O) groups is 1. The summed E-state index contributed by atoms with van der Waals surface area (Å²) < 4.78 is 26.2. The summed E-state index contributed by atoms with van der Waals surface area (Å²) in [4.78, 5) is 14.2. The van der Waals surface area contributed by atoms with Crippen LogP contribution in [0.15, 0.2) is 42.1 Å². The Kier molecular flexibility index (Phi) is 4.32. The van der Waals surface area contributed by atoms with Crippen LogP contribution in [0, 0.1) is 11.6 Å². The molecule has 0 N–H and O–H groups in total. The lowest BCUT2D eigenvalue weighted by molar-refractivity contribution is 0.0992. The van der Waals surface area contributed by atoms with Gasteiger partial charge in [-0.05, 0) is 31.6 Å². The van der Waals surface area contributed by atoms with Gasteiger partial charge in [0.2, 0.25) is 0 Å². The van der Waals surface area contributed by atoms with Gasteiger partial charge >= 0.3 is 0 Å². The molecule has 0 unspecified atom stereocenters. The van der Waals surface area contributed by atoms with Gasteiger partial charge in [-0.1, -0.05) is 12.2 Å². The fraction of sp³-hybridized carbons (Fsp3) is 0.312. The molecule has 4 heteroatoms. The van der Waals surface area contributed by atoms with Crippen molar-refractivity contribution in [3.8, 4) is 0 Å². The van der Waals surface area contributed by atoms with Crippen molar-refractivity contribution in [2.45, 2.75) is 26.3 Å². The summed E-state index contributed by atoms with van der Waals surface area (Å²) in [5, 5.41) is 0. The van der Waals surface area contributed by atoms with Crippen LogP contribution < -0.4 is 0 Å². The molecule has 1 heterocycles. The number of carbonyl (C=O) groups excluding carboxylic acids is 1. The number of ketones is 1. The Bertz CT molecular complexity index is 556. The highest BCUT2D eigenvalue weighted by molar-refractivity contribution is 5.97. The number of rotatable bonds is 4. The number of nitrogens with zero attached hydrogens (tertiary/aromatic N) is 1. The Labute approximate surface area is 117 Å². The van der Waals surface area contributed by atoms with Crippen molar-refractivity contribution < 1.29 is 13.6 Å². The summed E-state index contributed by atoms with van der Waals surface area (Å²) in [5.41, 5.74) is 0.915. The lowest BCUT2D eigenvalue weighted by Crippen LogP contribution is -2.27. The molecule has 2 nitrogen and oxygen atoms in total. The van der Waals surface area contributed by atoms with Gasteiger partial charge in [0.25, 0.3) is 0 Å². The maximum Gasteiger partial charge on any atom is 0.167 e. The highest BCUT2D eigenvalue weighted by Gasteiger charge is 2.14. The first-order valence-corrected chi connectivity index (χ1v) is 6.58. The Morgan fingerprint density at radius 2 is 1.90 bits per heavy atom. The van der Waals surface area contributed by atoms with Gasteiger partial charge in [-0.25, -0.2) is 8.78 Å². The standard InChI is InChI=1S/C16H17F2NO/c1-11(2)19-5-3-4-12(10-19)6-16(20)13-7-14(17)9-15(18)8-13/h3-4,7-11H,5-6H2,1-2H3. The van der Waals surface area contributed by atoms with Gasteiger partial charge < -0.3 is 4.90 Å². The quantitative estimate of drug-likeness (QED) is 0.782. The molecule has 0 radical (unpaired) electrons. The predicted octanol–water partition coefficient (Wildman–Crippen LogP) is 3.70. The van der Waals surface area contributed by atoms with Crippen LogP contribution in [0.5, 0.6) is 0 Å². The number of hydrogen-bond donors (Lipinski definition) is 0. The topological polar surface area (TPSA) is 20.3 Å². The van der Waals surface area contributed by atoms with E-state index in [1.807, 2.05) is 18.4 Å². The van der Waals surface area contributed by atoms with E-state index in [2.05, 4.69) is 18.7 Å². The maximum atomic E-state index is 13.1. The average molecular weight is 277 g/mol. The van der Waals surface area contributed by atoms with E-state index in [4.69, 9.17) is 0 Å². The summed E-state index contributed by atoms with van der Waals surface area (Å²) in [7, 11) is 0. The van der Waals surface area contributed by atoms with Crippen molar-refractivity contribution in [3.63, 3.8) is 0 Å². The second-order valence-corrected chi connectivity index (χ2v) is 5.16. The van der Waals surface area contributed by atoms with Gasteiger partial charge in [-0.3, -0.25) is 4.79 Å². The van der Waals surface area contributed by atoms with E-state index in [9.17, 15) is 13.6 Å². The molecule has 1 aliphatic rings. The van der Waals surface area contributed by atoms with E-state index in [-0.39, 0.29) is 17.8 Å². The van der Waals surface area contributed by atoms with Crippen LogP contribution in [-0.2, 0) is 0 Å². The Hall–Kier alpha value is -1.97. The van der Waals surface area contributed by atoms with Crippen molar-refractivity contribution in [1.29, 1.82) is 0 Å². The number of Topliss-reactive ketones (excluding diaryl/α,β-unsaturated/α-hetero) is 1. The molecule has 1 aliphatic heterocycles. The molecule has 20 heavy (non-hydrogen) atoms. The average Bonchev–Trinajstić information content (AvgIpc) is 2.37. The molecular formula is C16H17F2NO. The Balaban J connectivity index is 2.13. The second kappa shape index (κ2) is 5.99. The van der Waals surface area contributed by atoms with Crippen LogP contribution in [-0.4, -0.2) is 23.3 Å². The number of hydrogen-bond acceptors (Lipinski definition) is 2. The molecule has 0 aliphatic carbocycles. The van der Waals surface area contributed by atoms with Crippen LogP contribution in [0.2, 0.25) is 0 Å². The van der Waals surface area contributed by atoms with Gasteiger partial charge in [0.05, 0.1) is 0 Å². The van der Waals surface area contributed by atoms with Crippen LogP contribution in [0.3, 0.4) is 0 Å². The first-order valence-electron chi connectivity index (χ1n) is 6.58. The molecule has 0 spiro atoms. The van der Waals surface area contributed by atoms with Gasteiger partial charge in [0.15, 0.2) is 5.78 Å². The van der Waals surface area contributed by atoms with E-state index >= 15 is 0 Å². The molecule has 0 aromatic heterocycles. The van der Waals surface area contributed by atoms with Crippen molar-refractivity contribution in [1.82, 2.24) is 4.90 Å². The third-order valence-corrected chi connectivity index (χ3v) is 3.19. The molecule has 2 rings (SSSR count). The fourth-order valence-corrected chi connectivity index (χ4v) is 2.10. The first-order chi connectivity index (χ1) is 9.45. The van der Waals surface area contributed by atoms with Gasteiger partial charge in [0.1, 0.15) is 11.6 Å². The molecule has 0 atom stereocenters. The van der Waals surface area contributed by atoms with E-state index in [1.54, 1.807) is 0 Å². The highest BCUT2D eigenvalue weighted by atomic mass is 19.1. The minimum atomic E-state index is -0.731. The fourth-order valence-electron chi connectivity index (χ4n) is 2.10. The zero-order valence-electron chi connectivity index (χ0n) is 11.6. The Morgan fingerprint density at radius 1 is 1.25 bits per heavy atom. The van der Waals surface area contributed by atoms with Crippen molar-refractivity contribution >= 4 is 5.78 Å². The molecule has 0 bridgehead atoms. The molecule has 0 fully saturated rings. The smallest absolute Gasteiger partial charge is 0.167 e. The number of halogens is 2. The normalized spacial score (nSPS) is 14.7. The predicted molar refractivity (Wildman–Crippen MR) is 74.4 cm³/mol. The van der Waals surface area contributed by atoms with Crippen LogP contribution in [0.4, 0.5) is 8.78 Å². The Morgan fingerprint density at radius 3 is 2.50 bits per heavy atom. The monoisotopic (exact) mass is 277 g/mol. The summed E-state index contributed by atoms with van der Waals surface area (Å²) in [6, 6.07) is 3.24. The zero-order chi connectivity index (χ0) is 14.7. The van der Waals surface area contributed by atoms with E-state index < -0.39 is 11.6 Å².